The average Bonchev–Trinajstić information content (AvgIpc) is 2.82. The molecule has 0 radical (unpaired) electrons. The standard InChI is InChI=1S/C13H15N3/c1-2-4-13-10(3-1)7-12(9-15-13)16-11-5-6-14-8-11/h1-4,7,9,11,14,16H,5-6,8H2/t11-/m0/s1. The minimum absolute atomic E-state index is 0.544. The molecule has 3 heteroatoms. The zero-order chi connectivity index (χ0) is 10.8. The van der Waals surface area contributed by atoms with Crippen LogP contribution in [0.25, 0.3) is 10.9 Å². The van der Waals surface area contributed by atoms with E-state index in [2.05, 4.69) is 27.8 Å². The molecule has 0 aliphatic carbocycles. The lowest BCUT2D eigenvalue weighted by Gasteiger charge is -2.12. The van der Waals surface area contributed by atoms with Crippen molar-refractivity contribution in [1.82, 2.24) is 10.3 Å². The molecule has 2 heterocycles. The summed E-state index contributed by atoms with van der Waals surface area (Å²) in [5.41, 5.74) is 2.17. The summed E-state index contributed by atoms with van der Waals surface area (Å²) < 4.78 is 0. The molecule has 1 saturated heterocycles. The predicted molar refractivity (Wildman–Crippen MR) is 66.6 cm³/mol. The van der Waals surface area contributed by atoms with Crippen molar-refractivity contribution in [2.24, 2.45) is 0 Å². The van der Waals surface area contributed by atoms with Crippen LogP contribution < -0.4 is 10.6 Å². The second-order valence-corrected chi connectivity index (χ2v) is 4.25. The SMILES string of the molecule is c1ccc2ncc(N[C@H]3CCNC3)cc2c1. The molecule has 2 N–H and O–H groups in total. The lowest BCUT2D eigenvalue weighted by Crippen LogP contribution is -2.22. The highest BCUT2D eigenvalue weighted by atomic mass is 15.0. The van der Waals surface area contributed by atoms with E-state index in [-0.39, 0.29) is 0 Å². The van der Waals surface area contributed by atoms with Gasteiger partial charge in [0, 0.05) is 18.0 Å². The largest absolute Gasteiger partial charge is 0.380 e. The van der Waals surface area contributed by atoms with Gasteiger partial charge in [0.1, 0.15) is 0 Å². The fourth-order valence-corrected chi connectivity index (χ4v) is 2.16. The summed E-state index contributed by atoms with van der Waals surface area (Å²) in [5.74, 6) is 0. The van der Waals surface area contributed by atoms with Crippen LogP contribution in [0.1, 0.15) is 6.42 Å². The molecule has 1 aromatic heterocycles. The first-order valence-electron chi connectivity index (χ1n) is 5.74. The highest BCUT2D eigenvalue weighted by Crippen LogP contribution is 2.17. The van der Waals surface area contributed by atoms with Crippen molar-refractivity contribution in [1.29, 1.82) is 0 Å². The molecule has 1 atom stereocenters. The van der Waals surface area contributed by atoms with E-state index in [9.17, 15) is 0 Å². The topological polar surface area (TPSA) is 37.0 Å². The number of benzene rings is 1. The monoisotopic (exact) mass is 213 g/mol. The molecular weight excluding hydrogens is 198 g/mol. The van der Waals surface area contributed by atoms with E-state index in [1.54, 1.807) is 0 Å². The van der Waals surface area contributed by atoms with Crippen LogP contribution in [0, 0.1) is 0 Å². The zero-order valence-electron chi connectivity index (χ0n) is 9.11. The van der Waals surface area contributed by atoms with Gasteiger partial charge in [0.05, 0.1) is 17.4 Å². The van der Waals surface area contributed by atoms with E-state index in [1.165, 1.54) is 11.8 Å². The smallest absolute Gasteiger partial charge is 0.0703 e. The molecule has 0 amide bonds. The van der Waals surface area contributed by atoms with Gasteiger partial charge in [-0.15, -0.1) is 0 Å². The predicted octanol–water partition coefficient (Wildman–Crippen LogP) is 2.01. The Kier molecular flexibility index (Phi) is 2.46. The summed E-state index contributed by atoms with van der Waals surface area (Å²) >= 11 is 0. The average molecular weight is 213 g/mol. The Bertz CT molecular complexity index is 489. The van der Waals surface area contributed by atoms with Gasteiger partial charge in [-0.3, -0.25) is 4.98 Å². The minimum Gasteiger partial charge on any atom is -0.380 e. The Morgan fingerprint density at radius 3 is 3.12 bits per heavy atom. The lowest BCUT2D eigenvalue weighted by molar-refractivity contribution is 0.793. The van der Waals surface area contributed by atoms with Gasteiger partial charge in [0.2, 0.25) is 0 Å². The van der Waals surface area contributed by atoms with Crippen LogP contribution in [0.5, 0.6) is 0 Å². The third-order valence-corrected chi connectivity index (χ3v) is 3.02. The van der Waals surface area contributed by atoms with Gasteiger partial charge in [0.15, 0.2) is 0 Å². The van der Waals surface area contributed by atoms with Crippen LogP contribution in [0.4, 0.5) is 5.69 Å². The molecule has 1 aliphatic heterocycles. The van der Waals surface area contributed by atoms with Crippen LogP contribution in [0.3, 0.4) is 0 Å². The molecule has 2 aromatic rings. The third kappa shape index (κ3) is 1.86. The van der Waals surface area contributed by atoms with Gasteiger partial charge in [-0.2, -0.15) is 0 Å². The number of para-hydroxylation sites is 1. The second kappa shape index (κ2) is 4.10. The van der Waals surface area contributed by atoms with Crippen molar-refractivity contribution in [2.45, 2.75) is 12.5 Å². The Labute approximate surface area is 94.9 Å². The summed E-state index contributed by atoms with van der Waals surface area (Å²) in [6.07, 6.45) is 3.10. The first-order valence-corrected chi connectivity index (χ1v) is 5.74. The summed E-state index contributed by atoms with van der Waals surface area (Å²) in [7, 11) is 0. The van der Waals surface area contributed by atoms with Gasteiger partial charge in [-0.1, -0.05) is 18.2 Å². The van der Waals surface area contributed by atoms with Gasteiger partial charge in [0.25, 0.3) is 0 Å². The fourth-order valence-electron chi connectivity index (χ4n) is 2.16. The van der Waals surface area contributed by atoms with Crippen molar-refractivity contribution < 1.29 is 0 Å². The molecule has 0 unspecified atom stereocenters. The van der Waals surface area contributed by atoms with Crippen molar-refractivity contribution in [2.75, 3.05) is 18.4 Å². The van der Waals surface area contributed by atoms with Crippen molar-refractivity contribution in [3.8, 4) is 0 Å². The minimum atomic E-state index is 0.544. The van der Waals surface area contributed by atoms with Crippen LogP contribution >= 0.6 is 0 Å². The maximum atomic E-state index is 4.44. The molecule has 3 nitrogen and oxygen atoms in total. The molecule has 82 valence electrons. The number of nitrogens with one attached hydrogen (secondary N) is 2. The van der Waals surface area contributed by atoms with E-state index in [0.717, 1.165) is 24.3 Å². The van der Waals surface area contributed by atoms with Crippen LogP contribution in [-0.4, -0.2) is 24.1 Å². The molecule has 16 heavy (non-hydrogen) atoms. The van der Waals surface area contributed by atoms with Gasteiger partial charge >= 0.3 is 0 Å². The van der Waals surface area contributed by atoms with Crippen molar-refractivity contribution >= 4 is 16.6 Å². The number of pyridine rings is 1. The molecule has 1 aromatic carbocycles. The van der Waals surface area contributed by atoms with Crippen LogP contribution in [-0.2, 0) is 0 Å². The molecule has 0 saturated carbocycles. The van der Waals surface area contributed by atoms with E-state index in [1.807, 2.05) is 24.4 Å². The number of aromatic nitrogens is 1. The maximum absolute atomic E-state index is 4.44. The van der Waals surface area contributed by atoms with Crippen molar-refractivity contribution in [3.63, 3.8) is 0 Å². The quantitative estimate of drug-likeness (QED) is 0.801. The first-order chi connectivity index (χ1) is 7.92. The molecule has 0 spiro atoms. The number of hydrogen-bond donors (Lipinski definition) is 2. The Hall–Kier alpha value is -1.61. The summed E-state index contributed by atoms with van der Waals surface area (Å²) in [6.45, 7) is 2.16. The lowest BCUT2D eigenvalue weighted by atomic mass is 10.2. The Morgan fingerprint density at radius 1 is 1.31 bits per heavy atom. The normalized spacial score (nSPS) is 20.1. The number of nitrogens with zero attached hydrogens (tertiary/aromatic N) is 1. The number of anilines is 1. The summed E-state index contributed by atoms with van der Waals surface area (Å²) in [4.78, 5) is 4.44. The number of fused-ring (bicyclic) bond motifs is 1. The van der Waals surface area contributed by atoms with Gasteiger partial charge < -0.3 is 10.6 Å². The van der Waals surface area contributed by atoms with Gasteiger partial charge in [-0.05, 0) is 25.1 Å². The maximum Gasteiger partial charge on any atom is 0.0703 e. The first kappa shape index (κ1) is 9.60. The molecule has 1 fully saturated rings. The fraction of sp³-hybridized carbons (Fsp3) is 0.308. The van der Waals surface area contributed by atoms with Crippen molar-refractivity contribution in [3.05, 3.63) is 36.5 Å². The number of rotatable bonds is 2. The van der Waals surface area contributed by atoms with Gasteiger partial charge in [-0.25, -0.2) is 0 Å². The third-order valence-electron chi connectivity index (χ3n) is 3.02. The summed E-state index contributed by atoms with van der Waals surface area (Å²) in [6, 6.07) is 10.9. The Morgan fingerprint density at radius 2 is 2.25 bits per heavy atom. The molecular formula is C13H15N3. The highest BCUT2D eigenvalue weighted by Gasteiger charge is 2.13. The zero-order valence-corrected chi connectivity index (χ0v) is 9.11. The second-order valence-electron chi connectivity index (χ2n) is 4.25. The van der Waals surface area contributed by atoms with E-state index >= 15 is 0 Å². The molecule has 1 aliphatic rings. The van der Waals surface area contributed by atoms with E-state index < -0.39 is 0 Å². The number of hydrogen-bond acceptors (Lipinski definition) is 3. The van der Waals surface area contributed by atoms with Crippen LogP contribution in [0.15, 0.2) is 36.5 Å². The molecule has 3 rings (SSSR count). The summed E-state index contributed by atoms with van der Waals surface area (Å²) in [5, 5.41) is 8.05. The molecule has 0 bridgehead atoms. The highest BCUT2D eigenvalue weighted by molar-refractivity contribution is 5.81. The van der Waals surface area contributed by atoms with E-state index in [4.69, 9.17) is 0 Å². The van der Waals surface area contributed by atoms with Crippen LogP contribution in [0.2, 0.25) is 0 Å². The Balaban J connectivity index is 1.86. The van der Waals surface area contributed by atoms with E-state index in [0.29, 0.717) is 6.04 Å².